The molecule has 2 rings (SSSR count). The topological polar surface area (TPSA) is 122 Å². The normalized spacial score (nSPS) is 22.4. The summed E-state index contributed by atoms with van der Waals surface area (Å²) in [5, 5.41) is 21.5. The van der Waals surface area contributed by atoms with Crippen LogP contribution in [0.5, 0.6) is 0 Å². The predicted octanol–water partition coefficient (Wildman–Crippen LogP) is -0.593. The highest BCUT2D eigenvalue weighted by molar-refractivity contribution is 7.89. The Kier molecular flexibility index (Phi) is 4.41. The van der Waals surface area contributed by atoms with Crippen LogP contribution < -0.4 is 4.72 Å². The zero-order valence-electron chi connectivity index (χ0n) is 10.8. The second-order valence-corrected chi connectivity index (χ2v) is 6.69. The summed E-state index contributed by atoms with van der Waals surface area (Å²) in [5.41, 5.74) is 0. The number of carboxylic acids is 1. The van der Waals surface area contributed by atoms with Crippen molar-refractivity contribution < 1.29 is 23.4 Å². The molecule has 9 heteroatoms. The first-order chi connectivity index (χ1) is 9.37. The molecular formula is C11H17N3O5S. The van der Waals surface area contributed by atoms with Gasteiger partial charge in [-0.3, -0.25) is 9.48 Å². The number of aryl methyl sites for hydroxylation is 1. The number of carboxylic acid groups (broad SMARTS) is 1. The van der Waals surface area contributed by atoms with Gasteiger partial charge in [-0.15, -0.1) is 0 Å². The van der Waals surface area contributed by atoms with Crippen LogP contribution in [0.3, 0.4) is 0 Å². The van der Waals surface area contributed by atoms with E-state index in [4.69, 9.17) is 10.2 Å². The van der Waals surface area contributed by atoms with E-state index in [1.165, 1.54) is 17.1 Å². The summed E-state index contributed by atoms with van der Waals surface area (Å²) in [6.45, 7) is 0.416. The predicted molar refractivity (Wildman–Crippen MR) is 68.4 cm³/mol. The summed E-state index contributed by atoms with van der Waals surface area (Å²) in [4.78, 5) is 10.4. The van der Waals surface area contributed by atoms with Gasteiger partial charge in [0.15, 0.2) is 0 Å². The summed E-state index contributed by atoms with van der Waals surface area (Å²) < 4.78 is 27.7. The first-order valence-corrected chi connectivity index (χ1v) is 7.77. The summed E-state index contributed by atoms with van der Waals surface area (Å²) in [5.74, 6) is -0.798. The van der Waals surface area contributed by atoms with Gasteiger partial charge in [-0.2, -0.15) is 5.10 Å². The third kappa shape index (κ3) is 3.78. The van der Waals surface area contributed by atoms with Crippen molar-refractivity contribution in [2.45, 2.75) is 36.8 Å². The van der Waals surface area contributed by atoms with Crippen LogP contribution >= 0.6 is 0 Å². The molecule has 20 heavy (non-hydrogen) atoms. The molecular weight excluding hydrogens is 286 g/mol. The number of nitrogens with one attached hydrogen (secondary N) is 1. The van der Waals surface area contributed by atoms with Gasteiger partial charge in [-0.25, -0.2) is 13.1 Å². The number of aromatic nitrogens is 2. The van der Waals surface area contributed by atoms with E-state index in [0.29, 0.717) is 19.4 Å². The van der Waals surface area contributed by atoms with E-state index in [-0.39, 0.29) is 29.9 Å². The molecule has 0 bridgehead atoms. The molecule has 1 aromatic rings. The first kappa shape index (κ1) is 14.9. The molecule has 1 saturated carbocycles. The van der Waals surface area contributed by atoms with Crippen LogP contribution in [0.1, 0.15) is 19.3 Å². The van der Waals surface area contributed by atoms with E-state index in [9.17, 15) is 13.2 Å². The highest BCUT2D eigenvalue weighted by Gasteiger charge is 2.28. The Labute approximate surface area is 116 Å². The van der Waals surface area contributed by atoms with Gasteiger partial charge in [0.25, 0.3) is 0 Å². The third-order valence-corrected chi connectivity index (χ3v) is 4.63. The molecule has 0 unspecified atom stereocenters. The monoisotopic (exact) mass is 303 g/mol. The van der Waals surface area contributed by atoms with Crippen molar-refractivity contribution in [1.82, 2.24) is 14.5 Å². The molecule has 0 aliphatic heterocycles. The molecule has 0 spiro atoms. The number of hydrogen-bond donors (Lipinski definition) is 3. The fourth-order valence-corrected chi connectivity index (χ4v) is 3.06. The van der Waals surface area contributed by atoms with Crippen molar-refractivity contribution in [3.8, 4) is 0 Å². The maximum atomic E-state index is 12.0. The lowest BCUT2D eigenvalue weighted by atomic mass is 9.83. The van der Waals surface area contributed by atoms with Crippen LogP contribution in [0.4, 0.5) is 0 Å². The van der Waals surface area contributed by atoms with Gasteiger partial charge in [0.2, 0.25) is 10.0 Å². The highest BCUT2D eigenvalue weighted by Crippen LogP contribution is 2.26. The number of carbonyl (C=O) groups is 1. The van der Waals surface area contributed by atoms with Gasteiger partial charge in [0.05, 0.1) is 25.3 Å². The highest BCUT2D eigenvalue weighted by atomic mass is 32.2. The van der Waals surface area contributed by atoms with Crippen molar-refractivity contribution in [2.75, 3.05) is 6.54 Å². The van der Waals surface area contributed by atoms with Crippen molar-refractivity contribution in [1.29, 1.82) is 0 Å². The molecule has 0 amide bonds. The molecule has 8 nitrogen and oxygen atoms in total. The quantitative estimate of drug-likeness (QED) is 0.619. The number of nitrogens with zero attached hydrogens (tertiary/aromatic N) is 2. The van der Waals surface area contributed by atoms with Crippen molar-refractivity contribution in [3.05, 3.63) is 12.4 Å². The minimum Gasteiger partial charge on any atom is -0.481 e. The Morgan fingerprint density at radius 3 is 2.80 bits per heavy atom. The molecule has 1 aliphatic rings. The van der Waals surface area contributed by atoms with Crippen LogP contribution in [0.15, 0.2) is 17.3 Å². The van der Waals surface area contributed by atoms with E-state index < -0.39 is 16.0 Å². The Morgan fingerprint density at radius 1 is 1.50 bits per heavy atom. The summed E-state index contributed by atoms with van der Waals surface area (Å²) in [6.07, 6.45) is 3.29. The SMILES string of the molecule is O=C(O)CCn1cc(S(=O)(=O)NCC2CC(O)C2)cn1. The first-order valence-electron chi connectivity index (χ1n) is 6.29. The molecule has 112 valence electrons. The summed E-state index contributed by atoms with van der Waals surface area (Å²) in [6, 6.07) is 0. The molecule has 1 aliphatic carbocycles. The Balaban J connectivity index is 1.90. The number of rotatable bonds is 7. The van der Waals surface area contributed by atoms with Crippen molar-refractivity contribution in [2.24, 2.45) is 5.92 Å². The molecule has 0 aromatic carbocycles. The number of aliphatic hydroxyl groups excluding tert-OH is 1. The molecule has 1 fully saturated rings. The number of aliphatic carboxylic acids is 1. The maximum Gasteiger partial charge on any atom is 0.305 e. The smallest absolute Gasteiger partial charge is 0.305 e. The van der Waals surface area contributed by atoms with Crippen LogP contribution in [0.2, 0.25) is 0 Å². The zero-order chi connectivity index (χ0) is 14.8. The van der Waals surface area contributed by atoms with Gasteiger partial charge in [0, 0.05) is 12.7 Å². The lowest BCUT2D eigenvalue weighted by Crippen LogP contribution is -2.38. The van der Waals surface area contributed by atoms with Gasteiger partial charge in [-0.05, 0) is 18.8 Å². The molecule has 1 heterocycles. The second kappa shape index (κ2) is 5.90. The average molecular weight is 303 g/mol. The van der Waals surface area contributed by atoms with Gasteiger partial charge >= 0.3 is 5.97 Å². The minimum absolute atomic E-state index is 0.0164. The van der Waals surface area contributed by atoms with E-state index in [1.807, 2.05) is 0 Å². The molecule has 0 atom stereocenters. The summed E-state index contributed by atoms with van der Waals surface area (Å²) >= 11 is 0. The van der Waals surface area contributed by atoms with Gasteiger partial charge in [0.1, 0.15) is 4.90 Å². The lowest BCUT2D eigenvalue weighted by molar-refractivity contribution is -0.137. The average Bonchev–Trinajstić information content (AvgIpc) is 2.80. The van der Waals surface area contributed by atoms with Crippen LogP contribution in [-0.2, 0) is 21.4 Å². The van der Waals surface area contributed by atoms with Crippen LogP contribution in [-0.4, -0.2) is 47.0 Å². The summed E-state index contributed by atoms with van der Waals surface area (Å²) in [7, 11) is -3.63. The Morgan fingerprint density at radius 2 is 2.20 bits per heavy atom. The molecule has 1 aromatic heterocycles. The fourth-order valence-electron chi connectivity index (χ4n) is 1.99. The maximum absolute atomic E-state index is 12.0. The third-order valence-electron chi connectivity index (χ3n) is 3.25. The van der Waals surface area contributed by atoms with Crippen LogP contribution in [0.25, 0.3) is 0 Å². The fraction of sp³-hybridized carbons (Fsp3) is 0.636. The Bertz CT molecular complexity index is 577. The molecule has 3 N–H and O–H groups in total. The van der Waals surface area contributed by atoms with E-state index in [0.717, 1.165) is 0 Å². The lowest BCUT2D eigenvalue weighted by Gasteiger charge is -2.31. The van der Waals surface area contributed by atoms with Crippen LogP contribution in [0, 0.1) is 5.92 Å². The second-order valence-electron chi connectivity index (χ2n) is 4.93. The Hall–Kier alpha value is -1.45. The number of aliphatic hydroxyl groups is 1. The molecule has 0 radical (unpaired) electrons. The van der Waals surface area contributed by atoms with Gasteiger partial charge < -0.3 is 10.2 Å². The zero-order valence-corrected chi connectivity index (χ0v) is 11.6. The molecule has 0 saturated heterocycles. The standard InChI is InChI=1S/C11H17N3O5S/c15-9-3-8(4-9)5-13-20(18,19)10-6-12-14(7-10)2-1-11(16)17/h6-9,13,15H,1-5H2,(H,16,17). The van der Waals surface area contributed by atoms with Crippen molar-refractivity contribution >= 4 is 16.0 Å². The van der Waals surface area contributed by atoms with E-state index in [2.05, 4.69) is 9.82 Å². The number of hydrogen-bond acceptors (Lipinski definition) is 5. The van der Waals surface area contributed by atoms with Gasteiger partial charge in [-0.1, -0.05) is 0 Å². The van der Waals surface area contributed by atoms with Crippen molar-refractivity contribution in [3.63, 3.8) is 0 Å². The minimum atomic E-state index is -3.63. The van der Waals surface area contributed by atoms with E-state index >= 15 is 0 Å². The van der Waals surface area contributed by atoms with E-state index in [1.54, 1.807) is 0 Å². The largest absolute Gasteiger partial charge is 0.481 e. The number of sulfonamides is 1.